The van der Waals surface area contributed by atoms with E-state index in [4.69, 9.17) is 16.6 Å². The standard InChI is InChI=1S/C26H29ClN6.2C4H10/c1-19(32-24-13-15-29-16-14-24)20-7-11-23(12-8-20)30-18-31-26-25(4-3-17-33(26)28-2)21-5-9-22(27)10-6-21;2*1-3-4-2/h3-12,17,24,29-30,32H,1-2,13-16,18H2;2*3-4H2,1-2H3/b31-26-;;. The number of anilines is 1. The fraction of sp³-hybridized carbons (Fsp3) is 0.412. The second-order valence-electron chi connectivity index (χ2n) is 9.96. The SMILES string of the molecule is C=Nn1cccc(-c2ccc(Cl)cc2)/c1=N/CNc1ccc(C(=C)NC2CCNCC2)cc1.CCCC.CCCC. The number of unbranched alkanes of at least 4 members (excludes halogenated alkanes) is 2. The highest BCUT2D eigenvalue weighted by molar-refractivity contribution is 6.30. The highest BCUT2D eigenvalue weighted by Gasteiger charge is 2.13. The molecule has 1 aliphatic heterocycles. The molecule has 1 saturated heterocycles. The third kappa shape index (κ3) is 12.0. The number of hydrogen-bond acceptors (Lipinski definition) is 5. The molecule has 1 aliphatic rings. The molecule has 0 amide bonds. The summed E-state index contributed by atoms with van der Waals surface area (Å²) in [5, 5.41) is 15.1. The van der Waals surface area contributed by atoms with Gasteiger partial charge in [0.05, 0.1) is 0 Å². The van der Waals surface area contributed by atoms with Crippen LogP contribution < -0.4 is 21.4 Å². The Morgan fingerprint density at radius 3 is 2.10 bits per heavy atom. The Labute approximate surface area is 252 Å². The summed E-state index contributed by atoms with van der Waals surface area (Å²) in [4.78, 5) is 4.76. The van der Waals surface area contributed by atoms with Gasteiger partial charge < -0.3 is 16.0 Å². The molecule has 0 bridgehead atoms. The van der Waals surface area contributed by atoms with Crippen molar-refractivity contribution in [1.82, 2.24) is 15.3 Å². The fourth-order valence-electron chi connectivity index (χ4n) is 3.91. The molecule has 7 heteroatoms. The van der Waals surface area contributed by atoms with Crippen molar-refractivity contribution in [3.63, 3.8) is 0 Å². The van der Waals surface area contributed by atoms with Gasteiger partial charge in [0.25, 0.3) is 0 Å². The highest BCUT2D eigenvalue weighted by Crippen LogP contribution is 2.19. The van der Waals surface area contributed by atoms with Gasteiger partial charge in [0.1, 0.15) is 6.67 Å². The van der Waals surface area contributed by atoms with Crippen molar-refractivity contribution in [3.8, 4) is 11.1 Å². The molecule has 0 radical (unpaired) electrons. The first-order valence-electron chi connectivity index (χ1n) is 14.9. The van der Waals surface area contributed by atoms with Gasteiger partial charge >= 0.3 is 0 Å². The molecular formula is C34H49ClN6. The lowest BCUT2D eigenvalue weighted by Gasteiger charge is -2.25. The van der Waals surface area contributed by atoms with Crippen LogP contribution >= 0.6 is 11.6 Å². The maximum Gasteiger partial charge on any atom is 0.158 e. The number of halogens is 1. The lowest BCUT2D eigenvalue weighted by Crippen LogP contribution is -2.38. The molecule has 1 fully saturated rings. The zero-order chi connectivity index (χ0) is 29.9. The summed E-state index contributed by atoms with van der Waals surface area (Å²) >= 11 is 6.05. The Morgan fingerprint density at radius 2 is 1.54 bits per heavy atom. The van der Waals surface area contributed by atoms with Gasteiger partial charge in [-0.25, -0.2) is 9.67 Å². The highest BCUT2D eigenvalue weighted by atomic mass is 35.5. The summed E-state index contributed by atoms with van der Waals surface area (Å²) in [5.41, 5.74) is 5.74. The maximum absolute atomic E-state index is 6.05. The summed E-state index contributed by atoms with van der Waals surface area (Å²) in [7, 11) is 0. The molecule has 0 unspecified atom stereocenters. The van der Waals surface area contributed by atoms with Crippen LogP contribution in [0.5, 0.6) is 0 Å². The Morgan fingerprint density at radius 1 is 0.927 bits per heavy atom. The zero-order valence-electron chi connectivity index (χ0n) is 25.4. The van der Waals surface area contributed by atoms with E-state index in [9.17, 15) is 0 Å². The van der Waals surface area contributed by atoms with Crippen molar-refractivity contribution in [2.75, 3.05) is 25.1 Å². The molecule has 2 heterocycles. The summed E-state index contributed by atoms with van der Waals surface area (Å²) < 4.78 is 1.67. The van der Waals surface area contributed by atoms with E-state index in [1.807, 2.05) is 54.7 Å². The number of nitrogens with zero attached hydrogens (tertiary/aromatic N) is 3. The minimum absolute atomic E-state index is 0.397. The van der Waals surface area contributed by atoms with E-state index in [2.05, 4.69) is 74.2 Å². The number of piperidine rings is 1. The average molecular weight is 577 g/mol. The first-order valence-corrected chi connectivity index (χ1v) is 15.3. The molecule has 4 rings (SSSR count). The second-order valence-corrected chi connectivity index (χ2v) is 10.4. The van der Waals surface area contributed by atoms with Gasteiger partial charge in [-0.2, -0.15) is 5.10 Å². The molecule has 3 aromatic rings. The summed E-state index contributed by atoms with van der Waals surface area (Å²) in [6.45, 7) is 19.1. The predicted molar refractivity (Wildman–Crippen MR) is 180 cm³/mol. The number of aromatic nitrogens is 1. The number of hydrogen-bond donors (Lipinski definition) is 3. The first-order chi connectivity index (χ1) is 20.0. The molecule has 41 heavy (non-hydrogen) atoms. The van der Waals surface area contributed by atoms with Crippen molar-refractivity contribution in [1.29, 1.82) is 0 Å². The Hall–Kier alpha value is -3.35. The largest absolute Gasteiger partial charge is 0.382 e. The monoisotopic (exact) mass is 576 g/mol. The quantitative estimate of drug-likeness (QED) is 0.213. The van der Waals surface area contributed by atoms with Crippen molar-refractivity contribution in [2.45, 2.75) is 72.3 Å². The minimum Gasteiger partial charge on any atom is -0.382 e. The van der Waals surface area contributed by atoms with E-state index < -0.39 is 0 Å². The molecule has 0 spiro atoms. The molecule has 1 aromatic heterocycles. The van der Waals surface area contributed by atoms with Gasteiger partial charge in [0.15, 0.2) is 5.49 Å². The number of benzene rings is 2. The van der Waals surface area contributed by atoms with Crippen LogP contribution in [0.1, 0.15) is 71.8 Å². The van der Waals surface area contributed by atoms with Crippen LogP contribution in [0.25, 0.3) is 16.8 Å². The minimum atomic E-state index is 0.397. The van der Waals surface area contributed by atoms with Crippen molar-refractivity contribution < 1.29 is 0 Å². The van der Waals surface area contributed by atoms with Crippen LogP contribution in [0.4, 0.5) is 5.69 Å². The predicted octanol–water partition coefficient (Wildman–Crippen LogP) is 8.17. The molecule has 6 nitrogen and oxygen atoms in total. The summed E-state index contributed by atoms with van der Waals surface area (Å²) in [6.07, 6.45) is 9.36. The molecule has 2 aromatic carbocycles. The summed E-state index contributed by atoms with van der Waals surface area (Å²) in [5.74, 6) is 0. The maximum atomic E-state index is 6.05. The van der Waals surface area contributed by atoms with E-state index in [-0.39, 0.29) is 0 Å². The van der Waals surface area contributed by atoms with Gasteiger partial charge in [-0.05, 0) is 73.5 Å². The van der Waals surface area contributed by atoms with E-state index >= 15 is 0 Å². The fourth-order valence-corrected chi connectivity index (χ4v) is 4.03. The lowest BCUT2D eigenvalue weighted by molar-refractivity contribution is 0.425. The molecule has 0 saturated carbocycles. The summed E-state index contributed by atoms with van der Waals surface area (Å²) in [6, 6.07) is 20.4. The smallest absolute Gasteiger partial charge is 0.158 e. The Bertz CT molecular complexity index is 1220. The van der Waals surface area contributed by atoms with E-state index in [1.54, 1.807) is 4.68 Å². The van der Waals surface area contributed by atoms with E-state index in [0.29, 0.717) is 17.7 Å². The Balaban J connectivity index is 0.000000653. The van der Waals surface area contributed by atoms with Crippen LogP contribution in [0.15, 0.2) is 83.5 Å². The second kappa shape index (κ2) is 19.7. The normalized spacial score (nSPS) is 13.2. The van der Waals surface area contributed by atoms with Crippen molar-refractivity contribution in [3.05, 3.63) is 89.5 Å². The first kappa shape index (κ1) is 33.9. The zero-order valence-corrected chi connectivity index (χ0v) is 26.2. The van der Waals surface area contributed by atoms with Crippen LogP contribution in [0, 0.1) is 0 Å². The van der Waals surface area contributed by atoms with Crippen molar-refractivity contribution in [2.24, 2.45) is 10.1 Å². The number of rotatable bonds is 10. The lowest BCUT2D eigenvalue weighted by atomic mass is 10.1. The van der Waals surface area contributed by atoms with Crippen LogP contribution in [-0.4, -0.2) is 37.2 Å². The number of pyridine rings is 1. The Kier molecular flexibility index (Phi) is 16.3. The topological polar surface area (TPSA) is 65.7 Å². The molecule has 0 aliphatic carbocycles. The number of nitrogens with one attached hydrogen (secondary N) is 3. The van der Waals surface area contributed by atoms with Gasteiger partial charge in [-0.15, -0.1) is 0 Å². The van der Waals surface area contributed by atoms with Crippen LogP contribution in [0.3, 0.4) is 0 Å². The van der Waals surface area contributed by atoms with Gasteiger partial charge in [-0.1, -0.05) is 95.8 Å². The van der Waals surface area contributed by atoms with Gasteiger partial charge in [0.2, 0.25) is 0 Å². The molecule has 0 atom stereocenters. The molecule has 222 valence electrons. The molecule has 3 N–H and O–H groups in total. The van der Waals surface area contributed by atoms with Crippen LogP contribution in [0.2, 0.25) is 5.02 Å². The van der Waals surface area contributed by atoms with E-state index in [1.165, 1.54) is 25.7 Å². The van der Waals surface area contributed by atoms with Gasteiger partial charge in [-0.3, -0.25) is 0 Å². The van der Waals surface area contributed by atoms with Crippen molar-refractivity contribution >= 4 is 29.7 Å². The third-order valence-corrected chi connectivity index (χ3v) is 6.97. The molecular weight excluding hydrogens is 528 g/mol. The van der Waals surface area contributed by atoms with E-state index in [0.717, 1.165) is 59.5 Å². The average Bonchev–Trinajstić information content (AvgIpc) is 3.02. The van der Waals surface area contributed by atoms with Crippen LogP contribution in [-0.2, 0) is 0 Å². The van der Waals surface area contributed by atoms with Gasteiger partial charge in [0, 0.05) is 40.9 Å². The third-order valence-electron chi connectivity index (χ3n) is 6.72.